The third-order valence-corrected chi connectivity index (χ3v) is 4.27. The highest BCUT2D eigenvalue weighted by molar-refractivity contribution is 6.30. The van der Waals surface area contributed by atoms with Crippen molar-refractivity contribution in [2.24, 2.45) is 0 Å². The van der Waals surface area contributed by atoms with E-state index in [1.807, 2.05) is 13.0 Å². The van der Waals surface area contributed by atoms with Crippen LogP contribution in [0.25, 0.3) is 0 Å². The topological polar surface area (TPSA) is 55.8 Å². The fraction of sp³-hybridized carbons (Fsp3) is 0.368. The molecule has 1 aromatic rings. The van der Waals surface area contributed by atoms with Gasteiger partial charge in [0.2, 0.25) is 0 Å². The van der Waals surface area contributed by atoms with Gasteiger partial charge in [0.1, 0.15) is 0 Å². The van der Waals surface area contributed by atoms with Crippen molar-refractivity contribution in [3.8, 4) is 0 Å². The first-order valence-corrected chi connectivity index (χ1v) is 8.53. The minimum Gasteiger partial charge on any atom is -0.463 e. The molecule has 0 aliphatic carbocycles. The number of hydrogen-bond acceptors (Lipinski definition) is 5. The molecule has 0 N–H and O–H groups in total. The van der Waals surface area contributed by atoms with Gasteiger partial charge in [0.05, 0.1) is 30.3 Å². The molecule has 0 radical (unpaired) electrons. The third-order valence-electron chi connectivity index (χ3n) is 4.04. The van der Waals surface area contributed by atoms with Crippen molar-refractivity contribution < 1.29 is 19.1 Å². The largest absolute Gasteiger partial charge is 0.463 e. The zero-order valence-electron chi connectivity index (χ0n) is 14.8. The lowest BCUT2D eigenvalue weighted by molar-refractivity contribution is -0.139. The van der Waals surface area contributed by atoms with Gasteiger partial charge in [-0.05, 0) is 38.5 Å². The van der Waals surface area contributed by atoms with E-state index in [1.165, 1.54) is 0 Å². The van der Waals surface area contributed by atoms with Crippen LogP contribution in [0.2, 0.25) is 5.02 Å². The highest BCUT2D eigenvalue weighted by Gasteiger charge is 2.37. The lowest BCUT2D eigenvalue weighted by atomic mass is 9.81. The van der Waals surface area contributed by atoms with Gasteiger partial charge in [-0.25, -0.2) is 9.59 Å². The average Bonchev–Trinajstić information content (AvgIpc) is 2.57. The zero-order chi connectivity index (χ0) is 18.6. The standard InChI is InChI=1S/C19H22ClNO4/c1-5-24-18(22)15-11-21(4)12(3)16(19(23)25-6-2)17(15)13-8-7-9-14(20)10-13/h7-11,17H,5-6H2,1-4H3. The van der Waals surface area contributed by atoms with Crippen molar-refractivity contribution in [1.29, 1.82) is 0 Å². The van der Waals surface area contributed by atoms with Gasteiger partial charge in [0, 0.05) is 24.0 Å². The first-order chi connectivity index (χ1) is 11.9. The maximum atomic E-state index is 12.6. The first kappa shape index (κ1) is 19.1. The highest BCUT2D eigenvalue weighted by atomic mass is 35.5. The minimum absolute atomic E-state index is 0.250. The normalized spacial score (nSPS) is 17.2. The SMILES string of the molecule is CCOC(=O)C1=CN(C)C(C)=C(C(=O)OCC)C1c1cccc(Cl)c1. The van der Waals surface area contributed by atoms with E-state index >= 15 is 0 Å². The Morgan fingerprint density at radius 3 is 2.40 bits per heavy atom. The highest BCUT2D eigenvalue weighted by Crippen LogP contribution is 2.40. The van der Waals surface area contributed by atoms with Gasteiger partial charge in [-0.3, -0.25) is 0 Å². The Labute approximate surface area is 152 Å². The Bertz CT molecular complexity index is 739. The van der Waals surface area contributed by atoms with Crippen molar-refractivity contribution in [3.05, 3.63) is 57.9 Å². The van der Waals surface area contributed by atoms with Gasteiger partial charge in [-0.15, -0.1) is 0 Å². The lowest BCUT2D eigenvalue weighted by Gasteiger charge is -2.32. The Balaban J connectivity index is 2.62. The molecular weight excluding hydrogens is 342 g/mol. The predicted molar refractivity (Wildman–Crippen MR) is 96.0 cm³/mol. The fourth-order valence-corrected chi connectivity index (χ4v) is 3.02. The Morgan fingerprint density at radius 2 is 1.80 bits per heavy atom. The molecule has 0 amide bonds. The van der Waals surface area contributed by atoms with E-state index in [1.54, 1.807) is 50.2 Å². The number of benzene rings is 1. The van der Waals surface area contributed by atoms with Crippen molar-refractivity contribution >= 4 is 23.5 Å². The summed E-state index contributed by atoms with van der Waals surface area (Å²) >= 11 is 6.13. The molecule has 1 aliphatic rings. The average molecular weight is 364 g/mol. The molecule has 5 nitrogen and oxygen atoms in total. The second-order valence-corrected chi connectivity index (χ2v) is 6.06. The number of carbonyl (C=O) groups excluding carboxylic acids is 2. The van der Waals surface area contributed by atoms with Crippen molar-refractivity contribution in [3.63, 3.8) is 0 Å². The summed E-state index contributed by atoms with van der Waals surface area (Å²) in [6.45, 7) is 5.81. The number of esters is 2. The molecule has 134 valence electrons. The summed E-state index contributed by atoms with van der Waals surface area (Å²) in [5.74, 6) is -1.51. The van der Waals surface area contributed by atoms with E-state index in [0.717, 1.165) is 11.3 Å². The number of halogens is 1. The summed E-state index contributed by atoms with van der Waals surface area (Å²) in [5, 5.41) is 0.528. The van der Waals surface area contributed by atoms with E-state index in [-0.39, 0.29) is 13.2 Å². The van der Waals surface area contributed by atoms with E-state index in [0.29, 0.717) is 16.2 Å². The van der Waals surface area contributed by atoms with Crippen molar-refractivity contribution in [1.82, 2.24) is 4.90 Å². The maximum Gasteiger partial charge on any atom is 0.336 e. The predicted octanol–water partition coefficient (Wildman–Crippen LogP) is 3.65. The van der Waals surface area contributed by atoms with Gasteiger partial charge in [-0.2, -0.15) is 0 Å². The second-order valence-electron chi connectivity index (χ2n) is 5.62. The quantitative estimate of drug-likeness (QED) is 0.747. The zero-order valence-corrected chi connectivity index (χ0v) is 15.6. The van der Waals surface area contributed by atoms with Crippen LogP contribution in [0.1, 0.15) is 32.3 Å². The van der Waals surface area contributed by atoms with Gasteiger partial charge in [-0.1, -0.05) is 23.7 Å². The fourth-order valence-electron chi connectivity index (χ4n) is 2.83. The summed E-state index contributed by atoms with van der Waals surface area (Å²) in [7, 11) is 1.78. The molecule has 1 unspecified atom stereocenters. The molecule has 0 bridgehead atoms. The number of carbonyl (C=O) groups is 2. The van der Waals surface area contributed by atoms with Gasteiger partial charge in [0.15, 0.2) is 0 Å². The Morgan fingerprint density at radius 1 is 1.16 bits per heavy atom. The lowest BCUT2D eigenvalue weighted by Crippen LogP contribution is -2.30. The number of allylic oxidation sites excluding steroid dienone is 1. The minimum atomic E-state index is -0.590. The molecule has 1 aromatic carbocycles. The number of rotatable bonds is 5. The monoisotopic (exact) mass is 363 g/mol. The molecule has 6 heteroatoms. The molecule has 1 heterocycles. The Hall–Kier alpha value is -2.27. The van der Waals surface area contributed by atoms with E-state index in [4.69, 9.17) is 21.1 Å². The molecular formula is C19H22ClNO4. The first-order valence-electron chi connectivity index (χ1n) is 8.15. The second kappa shape index (κ2) is 8.21. The Kier molecular flexibility index (Phi) is 6.26. The van der Waals surface area contributed by atoms with Gasteiger partial charge in [0.25, 0.3) is 0 Å². The van der Waals surface area contributed by atoms with Gasteiger partial charge >= 0.3 is 11.9 Å². The molecule has 0 saturated carbocycles. The van der Waals surface area contributed by atoms with Crippen molar-refractivity contribution in [2.45, 2.75) is 26.7 Å². The van der Waals surface area contributed by atoms with Crippen LogP contribution in [0.4, 0.5) is 0 Å². The van der Waals surface area contributed by atoms with Crippen LogP contribution in [-0.4, -0.2) is 37.1 Å². The van der Waals surface area contributed by atoms with Gasteiger partial charge < -0.3 is 14.4 Å². The van der Waals surface area contributed by atoms with Crippen LogP contribution in [0.3, 0.4) is 0 Å². The molecule has 1 aliphatic heterocycles. The van der Waals surface area contributed by atoms with Crippen LogP contribution in [0.5, 0.6) is 0 Å². The summed E-state index contributed by atoms with van der Waals surface area (Å²) in [6, 6.07) is 7.11. The number of nitrogens with zero attached hydrogens (tertiary/aromatic N) is 1. The van der Waals surface area contributed by atoms with E-state index < -0.39 is 17.9 Å². The van der Waals surface area contributed by atoms with Crippen LogP contribution >= 0.6 is 11.6 Å². The van der Waals surface area contributed by atoms with Crippen LogP contribution < -0.4 is 0 Å². The number of hydrogen-bond donors (Lipinski definition) is 0. The van der Waals surface area contributed by atoms with E-state index in [9.17, 15) is 9.59 Å². The summed E-state index contributed by atoms with van der Waals surface area (Å²) < 4.78 is 10.4. The van der Waals surface area contributed by atoms with Crippen molar-refractivity contribution in [2.75, 3.05) is 20.3 Å². The summed E-state index contributed by atoms with van der Waals surface area (Å²) in [6.07, 6.45) is 1.70. The van der Waals surface area contributed by atoms with E-state index in [2.05, 4.69) is 0 Å². The smallest absolute Gasteiger partial charge is 0.336 e. The third kappa shape index (κ3) is 4.04. The van der Waals surface area contributed by atoms with Crippen LogP contribution in [0.15, 0.2) is 47.3 Å². The number of ether oxygens (including phenoxy) is 2. The summed E-state index contributed by atoms with van der Waals surface area (Å²) in [5.41, 5.74) is 2.25. The maximum absolute atomic E-state index is 12.6. The molecule has 2 rings (SSSR count). The molecule has 0 spiro atoms. The molecule has 0 saturated heterocycles. The van der Waals surface area contributed by atoms with Crippen LogP contribution in [-0.2, 0) is 19.1 Å². The molecule has 1 atom stereocenters. The molecule has 0 aromatic heterocycles. The summed E-state index contributed by atoms with van der Waals surface area (Å²) in [4.78, 5) is 26.9. The molecule has 0 fully saturated rings. The van der Waals surface area contributed by atoms with Crippen LogP contribution in [0, 0.1) is 0 Å². The molecule has 25 heavy (non-hydrogen) atoms.